The van der Waals surface area contributed by atoms with E-state index in [0.29, 0.717) is 17.5 Å². The minimum Gasteiger partial charge on any atom is -0.507 e. The largest absolute Gasteiger partial charge is 0.507 e. The van der Waals surface area contributed by atoms with Crippen LogP contribution in [0.3, 0.4) is 0 Å². The number of hydrogen-bond donors (Lipinski definition) is 3. The lowest BCUT2D eigenvalue weighted by Gasteiger charge is -2.34. The summed E-state index contributed by atoms with van der Waals surface area (Å²) in [6.45, 7) is 7.81. The zero-order chi connectivity index (χ0) is 18.3. The van der Waals surface area contributed by atoms with Gasteiger partial charge in [0.15, 0.2) is 0 Å². The molecule has 25 heavy (non-hydrogen) atoms. The lowest BCUT2D eigenvalue weighted by atomic mass is 9.72. The Labute approximate surface area is 147 Å². The Morgan fingerprint density at radius 3 is 2.40 bits per heavy atom. The number of hydrogen-bond acceptors (Lipinski definition) is 4. The van der Waals surface area contributed by atoms with Gasteiger partial charge in [-0.15, -0.1) is 0 Å². The summed E-state index contributed by atoms with van der Waals surface area (Å²) in [5, 5.41) is 35.5. The maximum absolute atomic E-state index is 10.6. The highest BCUT2D eigenvalue weighted by Crippen LogP contribution is 2.47. The predicted octanol–water partition coefficient (Wildman–Crippen LogP) is 3.49. The highest BCUT2D eigenvalue weighted by Gasteiger charge is 2.33. The Balaban J connectivity index is 2.08. The van der Waals surface area contributed by atoms with Crippen LogP contribution < -0.4 is 0 Å². The maximum Gasteiger partial charge on any atom is 0.123 e. The quantitative estimate of drug-likeness (QED) is 0.748. The minimum absolute atomic E-state index is 0.0375. The van der Waals surface area contributed by atoms with Crippen LogP contribution in [0.25, 0.3) is 11.1 Å². The second-order valence-electron chi connectivity index (χ2n) is 6.97. The molecule has 5 heteroatoms. The SMILES string of the molecule is C=C(C)[C@@H]1C[C@H](O)C(C)=C[C@H]1c1c(O)cc(-c2cnn(C)c2)cc1O. The van der Waals surface area contributed by atoms with Crippen molar-refractivity contribution in [1.82, 2.24) is 9.78 Å². The number of rotatable bonds is 3. The van der Waals surface area contributed by atoms with Gasteiger partial charge in [0.25, 0.3) is 0 Å². The van der Waals surface area contributed by atoms with Crippen LogP contribution >= 0.6 is 0 Å². The standard InChI is InChI=1S/C20H24N2O3/c1-11(2)15-8-17(23)12(3)5-16(15)20-18(24)6-13(7-19(20)25)14-9-21-22(4)10-14/h5-7,9-10,15-17,23-25H,1,8H2,2-4H3/t15-,16+,17-/m0/s1. The normalized spacial score (nSPS) is 23.4. The molecule has 3 rings (SSSR count). The fourth-order valence-corrected chi connectivity index (χ4v) is 3.58. The summed E-state index contributed by atoms with van der Waals surface area (Å²) in [7, 11) is 1.82. The topological polar surface area (TPSA) is 78.5 Å². The first-order valence-electron chi connectivity index (χ1n) is 8.34. The molecule has 0 unspecified atom stereocenters. The van der Waals surface area contributed by atoms with Gasteiger partial charge in [0, 0.05) is 30.3 Å². The molecule has 3 atom stereocenters. The number of aliphatic hydroxyl groups is 1. The molecule has 0 aliphatic heterocycles. The Bertz CT molecular complexity index is 827. The van der Waals surface area contributed by atoms with Gasteiger partial charge in [0.05, 0.1) is 12.3 Å². The molecule has 5 nitrogen and oxygen atoms in total. The summed E-state index contributed by atoms with van der Waals surface area (Å²) < 4.78 is 1.67. The van der Waals surface area contributed by atoms with E-state index < -0.39 is 6.10 Å². The van der Waals surface area contributed by atoms with Crippen LogP contribution in [0.1, 0.15) is 31.7 Å². The Morgan fingerprint density at radius 1 is 1.24 bits per heavy atom. The van der Waals surface area contributed by atoms with Crippen molar-refractivity contribution >= 4 is 0 Å². The predicted molar refractivity (Wildman–Crippen MR) is 97.4 cm³/mol. The van der Waals surface area contributed by atoms with Gasteiger partial charge >= 0.3 is 0 Å². The fraction of sp³-hybridized carbons (Fsp3) is 0.350. The van der Waals surface area contributed by atoms with Crippen molar-refractivity contribution in [2.75, 3.05) is 0 Å². The zero-order valence-electron chi connectivity index (χ0n) is 14.8. The number of phenols is 2. The molecular weight excluding hydrogens is 316 g/mol. The number of aliphatic hydroxyl groups excluding tert-OH is 1. The van der Waals surface area contributed by atoms with Gasteiger partial charge in [0.2, 0.25) is 0 Å². The molecule has 0 bridgehead atoms. The first-order chi connectivity index (χ1) is 11.8. The summed E-state index contributed by atoms with van der Waals surface area (Å²) in [6, 6.07) is 3.30. The van der Waals surface area contributed by atoms with E-state index in [1.807, 2.05) is 33.2 Å². The Kier molecular flexibility index (Phi) is 4.43. The number of aromatic nitrogens is 2. The maximum atomic E-state index is 10.6. The van der Waals surface area contributed by atoms with E-state index >= 15 is 0 Å². The van der Waals surface area contributed by atoms with E-state index in [4.69, 9.17) is 0 Å². The number of phenolic OH excluding ortho intramolecular Hbond substituents is 2. The van der Waals surface area contributed by atoms with Gasteiger partial charge in [-0.1, -0.05) is 18.2 Å². The highest BCUT2D eigenvalue weighted by molar-refractivity contribution is 5.68. The lowest BCUT2D eigenvalue weighted by molar-refractivity contribution is 0.168. The third-order valence-electron chi connectivity index (χ3n) is 5.02. The van der Waals surface area contributed by atoms with Crippen molar-refractivity contribution in [2.45, 2.75) is 32.3 Å². The highest BCUT2D eigenvalue weighted by atomic mass is 16.3. The van der Waals surface area contributed by atoms with E-state index in [1.165, 1.54) is 0 Å². The van der Waals surface area contributed by atoms with E-state index in [-0.39, 0.29) is 23.3 Å². The summed E-state index contributed by atoms with van der Waals surface area (Å²) >= 11 is 0. The number of aromatic hydroxyl groups is 2. The van der Waals surface area contributed by atoms with Gasteiger partial charge in [-0.2, -0.15) is 5.10 Å². The van der Waals surface area contributed by atoms with E-state index in [9.17, 15) is 15.3 Å². The molecular formula is C20H24N2O3. The molecule has 0 radical (unpaired) electrons. The molecule has 1 aliphatic carbocycles. The van der Waals surface area contributed by atoms with Crippen LogP contribution in [-0.2, 0) is 7.05 Å². The summed E-state index contributed by atoms with van der Waals surface area (Å²) in [4.78, 5) is 0. The van der Waals surface area contributed by atoms with Gasteiger partial charge in [-0.05, 0) is 49.5 Å². The third-order valence-corrected chi connectivity index (χ3v) is 5.02. The monoisotopic (exact) mass is 340 g/mol. The van der Waals surface area contributed by atoms with Crippen LogP contribution in [0.5, 0.6) is 11.5 Å². The zero-order valence-corrected chi connectivity index (χ0v) is 14.8. The molecule has 0 saturated heterocycles. The smallest absolute Gasteiger partial charge is 0.123 e. The lowest BCUT2D eigenvalue weighted by Crippen LogP contribution is -2.26. The molecule has 3 N–H and O–H groups in total. The summed E-state index contributed by atoms with van der Waals surface area (Å²) in [6.07, 6.45) is 5.45. The average Bonchev–Trinajstić information content (AvgIpc) is 2.96. The van der Waals surface area contributed by atoms with Gasteiger partial charge in [-0.25, -0.2) is 0 Å². The van der Waals surface area contributed by atoms with Crippen molar-refractivity contribution in [3.63, 3.8) is 0 Å². The third kappa shape index (κ3) is 3.20. The van der Waals surface area contributed by atoms with Gasteiger partial charge < -0.3 is 15.3 Å². The van der Waals surface area contributed by atoms with Crippen LogP contribution in [-0.4, -0.2) is 31.2 Å². The van der Waals surface area contributed by atoms with Crippen molar-refractivity contribution in [1.29, 1.82) is 0 Å². The second-order valence-corrected chi connectivity index (χ2v) is 6.97. The van der Waals surface area contributed by atoms with Gasteiger partial charge in [0.1, 0.15) is 11.5 Å². The minimum atomic E-state index is -0.517. The first kappa shape index (κ1) is 17.3. The number of aryl methyl sites for hydroxylation is 1. The molecule has 132 valence electrons. The molecule has 1 aromatic heterocycles. The van der Waals surface area contributed by atoms with Crippen molar-refractivity contribution in [3.8, 4) is 22.6 Å². The molecule has 1 aromatic carbocycles. The average molecular weight is 340 g/mol. The number of benzene rings is 1. The van der Waals surface area contributed by atoms with Crippen molar-refractivity contribution in [3.05, 3.63) is 53.9 Å². The first-order valence-corrected chi connectivity index (χ1v) is 8.34. The number of allylic oxidation sites excluding steroid dienone is 2. The Hall–Kier alpha value is -2.53. The van der Waals surface area contributed by atoms with E-state index in [0.717, 1.165) is 16.7 Å². The molecule has 0 spiro atoms. The molecule has 2 aromatic rings. The van der Waals surface area contributed by atoms with E-state index in [1.54, 1.807) is 23.0 Å². The van der Waals surface area contributed by atoms with E-state index in [2.05, 4.69) is 11.7 Å². The second kappa shape index (κ2) is 6.41. The van der Waals surface area contributed by atoms with Crippen LogP contribution in [0.15, 0.2) is 48.3 Å². The van der Waals surface area contributed by atoms with Gasteiger partial charge in [-0.3, -0.25) is 4.68 Å². The van der Waals surface area contributed by atoms with Crippen molar-refractivity contribution in [2.24, 2.45) is 13.0 Å². The fourth-order valence-electron chi connectivity index (χ4n) is 3.58. The van der Waals surface area contributed by atoms with Crippen LogP contribution in [0, 0.1) is 5.92 Å². The molecule has 1 heterocycles. The molecule has 0 fully saturated rings. The number of nitrogens with zero attached hydrogens (tertiary/aromatic N) is 2. The molecule has 0 saturated carbocycles. The van der Waals surface area contributed by atoms with Crippen molar-refractivity contribution < 1.29 is 15.3 Å². The summed E-state index contributed by atoms with van der Waals surface area (Å²) in [5.41, 5.74) is 3.77. The summed E-state index contributed by atoms with van der Waals surface area (Å²) in [5.74, 6) is -0.185. The molecule has 0 amide bonds. The van der Waals surface area contributed by atoms with Crippen LogP contribution in [0.2, 0.25) is 0 Å². The van der Waals surface area contributed by atoms with Crippen LogP contribution in [0.4, 0.5) is 0 Å². The molecule has 1 aliphatic rings. The Morgan fingerprint density at radius 2 is 1.88 bits per heavy atom.